The van der Waals surface area contributed by atoms with Crippen molar-refractivity contribution >= 4 is 5.91 Å². The lowest BCUT2D eigenvalue weighted by atomic mass is 9.98. The second-order valence-electron chi connectivity index (χ2n) is 6.97. The van der Waals surface area contributed by atoms with Crippen LogP contribution in [0, 0.1) is 0 Å². The van der Waals surface area contributed by atoms with E-state index in [1.54, 1.807) is 0 Å². The Morgan fingerprint density at radius 2 is 2.05 bits per heavy atom. The van der Waals surface area contributed by atoms with Gasteiger partial charge in [0, 0.05) is 12.6 Å². The van der Waals surface area contributed by atoms with Crippen molar-refractivity contribution < 1.29 is 4.79 Å². The molecule has 2 heterocycles. The van der Waals surface area contributed by atoms with E-state index in [2.05, 4.69) is 29.1 Å². The van der Waals surface area contributed by atoms with Crippen molar-refractivity contribution in [1.29, 1.82) is 0 Å². The summed E-state index contributed by atoms with van der Waals surface area (Å²) < 4.78 is 0. The van der Waals surface area contributed by atoms with Crippen LogP contribution in [0.4, 0.5) is 0 Å². The van der Waals surface area contributed by atoms with Crippen LogP contribution in [0.3, 0.4) is 0 Å². The Morgan fingerprint density at radius 3 is 2.65 bits per heavy atom. The van der Waals surface area contributed by atoms with Gasteiger partial charge in [0.2, 0.25) is 5.91 Å². The molecule has 20 heavy (non-hydrogen) atoms. The maximum absolute atomic E-state index is 13.0. The van der Waals surface area contributed by atoms with E-state index in [-0.39, 0.29) is 11.7 Å². The first-order valence-corrected chi connectivity index (χ1v) is 8.45. The summed E-state index contributed by atoms with van der Waals surface area (Å²) in [6, 6.07) is 0.566. The molecule has 4 heteroatoms. The summed E-state index contributed by atoms with van der Waals surface area (Å²) in [5, 5.41) is 3.71. The zero-order valence-corrected chi connectivity index (χ0v) is 13.0. The molecule has 2 saturated heterocycles. The highest BCUT2D eigenvalue weighted by Crippen LogP contribution is 2.37. The van der Waals surface area contributed by atoms with Gasteiger partial charge in [0.25, 0.3) is 0 Å². The third-order valence-corrected chi connectivity index (χ3v) is 5.59. The van der Waals surface area contributed by atoms with E-state index < -0.39 is 0 Å². The average molecular weight is 279 g/mol. The van der Waals surface area contributed by atoms with Gasteiger partial charge in [-0.05, 0) is 45.7 Å². The molecule has 0 radical (unpaired) electrons. The van der Waals surface area contributed by atoms with Crippen LogP contribution in [0.15, 0.2) is 0 Å². The third-order valence-electron chi connectivity index (χ3n) is 5.59. The predicted molar refractivity (Wildman–Crippen MR) is 80.4 cm³/mol. The third kappa shape index (κ3) is 2.37. The van der Waals surface area contributed by atoms with Crippen LogP contribution in [-0.4, -0.2) is 53.6 Å². The van der Waals surface area contributed by atoms with E-state index in [0.29, 0.717) is 11.9 Å². The molecule has 3 rings (SSSR count). The van der Waals surface area contributed by atoms with Crippen molar-refractivity contribution in [2.75, 3.05) is 20.1 Å². The lowest BCUT2D eigenvalue weighted by Crippen LogP contribution is -2.45. The minimum absolute atomic E-state index is 0.197. The first-order chi connectivity index (χ1) is 9.66. The van der Waals surface area contributed by atoms with Crippen molar-refractivity contribution in [3.63, 3.8) is 0 Å². The monoisotopic (exact) mass is 279 g/mol. The highest BCUT2D eigenvalue weighted by Gasteiger charge is 2.52. The molecule has 1 saturated carbocycles. The fourth-order valence-electron chi connectivity index (χ4n) is 4.36. The molecule has 1 aliphatic carbocycles. The number of carbonyl (C=O) groups excluding carboxylic acids is 1. The molecule has 4 nitrogen and oxygen atoms in total. The quantitative estimate of drug-likeness (QED) is 0.854. The smallest absolute Gasteiger partial charge is 0.244 e. The summed E-state index contributed by atoms with van der Waals surface area (Å²) in [4.78, 5) is 17.6. The summed E-state index contributed by atoms with van der Waals surface area (Å²) >= 11 is 0. The molecule has 0 aromatic heterocycles. The highest BCUT2D eigenvalue weighted by molar-refractivity contribution is 5.89. The largest absolute Gasteiger partial charge is 0.324 e. The molecule has 2 unspecified atom stereocenters. The van der Waals surface area contributed by atoms with E-state index in [9.17, 15) is 4.79 Å². The van der Waals surface area contributed by atoms with Gasteiger partial charge in [-0.3, -0.25) is 10.1 Å². The van der Waals surface area contributed by atoms with Crippen molar-refractivity contribution in [3.8, 4) is 0 Å². The van der Waals surface area contributed by atoms with Crippen molar-refractivity contribution in [3.05, 3.63) is 0 Å². The number of rotatable bonds is 4. The molecule has 1 amide bonds. The Morgan fingerprint density at radius 1 is 1.30 bits per heavy atom. The maximum Gasteiger partial charge on any atom is 0.244 e. The number of likely N-dealkylation sites (tertiary alicyclic amines) is 1. The number of hydrogen-bond acceptors (Lipinski definition) is 3. The van der Waals surface area contributed by atoms with Gasteiger partial charge in [-0.2, -0.15) is 0 Å². The van der Waals surface area contributed by atoms with Gasteiger partial charge in [-0.25, -0.2) is 0 Å². The van der Waals surface area contributed by atoms with Crippen LogP contribution in [0.1, 0.15) is 58.3 Å². The number of amides is 1. The summed E-state index contributed by atoms with van der Waals surface area (Å²) in [6.45, 7) is 4.32. The molecule has 2 atom stereocenters. The highest BCUT2D eigenvalue weighted by atomic mass is 16.2. The van der Waals surface area contributed by atoms with Gasteiger partial charge < -0.3 is 9.80 Å². The summed E-state index contributed by atoms with van der Waals surface area (Å²) in [6.07, 6.45) is 9.52. The number of likely N-dealkylation sites (N-methyl/N-ethyl adjacent to an activating group) is 1. The molecule has 2 aliphatic heterocycles. The Kier molecular flexibility index (Phi) is 4.04. The Labute approximate surface area is 122 Å². The minimum atomic E-state index is -0.197. The molecule has 0 bridgehead atoms. The van der Waals surface area contributed by atoms with Crippen LogP contribution in [0.25, 0.3) is 0 Å². The van der Waals surface area contributed by atoms with Gasteiger partial charge in [-0.1, -0.05) is 26.2 Å². The number of nitrogens with one attached hydrogen (secondary N) is 1. The van der Waals surface area contributed by atoms with Crippen LogP contribution in [0.2, 0.25) is 0 Å². The molecule has 0 aromatic carbocycles. The fraction of sp³-hybridized carbons (Fsp3) is 0.938. The van der Waals surface area contributed by atoms with Crippen LogP contribution in [-0.2, 0) is 4.79 Å². The second-order valence-corrected chi connectivity index (χ2v) is 6.97. The summed E-state index contributed by atoms with van der Waals surface area (Å²) in [5.74, 6) is 0.397. The molecule has 3 fully saturated rings. The van der Waals surface area contributed by atoms with Gasteiger partial charge in [0.1, 0.15) is 0 Å². The van der Waals surface area contributed by atoms with Crippen LogP contribution < -0.4 is 5.32 Å². The van der Waals surface area contributed by atoms with Gasteiger partial charge >= 0.3 is 0 Å². The van der Waals surface area contributed by atoms with E-state index >= 15 is 0 Å². The van der Waals surface area contributed by atoms with Crippen molar-refractivity contribution in [1.82, 2.24) is 15.1 Å². The molecule has 114 valence electrons. The van der Waals surface area contributed by atoms with Gasteiger partial charge in [0.15, 0.2) is 0 Å². The van der Waals surface area contributed by atoms with E-state index in [0.717, 1.165) is 32.2 Å². The summed E-state index contributed by atoms with van der Waals surface area (Å²) in [7, 11) is 2.20. The summed E-state index contributed by atoms with van der Waals surface area (Å²) in [5.41, 5.74) is -0.197. The standard InChI is InChI=1S/C16H29N3O/c1-3-7-14-17-16(9-4-5-10-16)15(20)19(14)12-13-8-6-11-18(13)2/h13-14,17H,3-12H2,1-2H3. The van der Waals surface area contributed by atoms with Gasteiger partial charge in [-0.15, -0.1) is 0 Å². The molecule has 0 aromatic rings. The lowest BCUT2D eigenvalue weighted by molar-refractivity contribution is -0.133. The fourth-order valence-corrected chi connectivity index (χ4v) is 4.36. The average Bonchev–Trinajstić information content (AvgIpc) is 3.10. The van der Waals surface area contributed by atoms with E-state index in [1.807, 2.05) is 0 Å². The van der Waals surface area contributed by atoms with E-state index in [1.165, 1.54) is 32.2 Å². The lowest BCUT2D eigenvalue weighted by Gasteiger charge is -2.30. The topological polar surface area (TPSA) is 35.6 Å². The van der Waals surface area contributed by atoms with E-state index in [4.69, 9.17) is 0 Å². The molecular weight excluding hydrogens is 250 g/mol. The van der Waals surface area contributed by atoms with Gasteiger partial charge in [0.05, 0.1) is 11.7 Å². The molecule has 3 aliphatic rings. The Bertz CT molecular complexity index is 365. The van der Waals surface area contributed by atoms with Crippen molar-refractivity contribution in [2.24, 2.45) is 0 Å². The molecule has 1 spiro atoms. The number of hydrogen-bond donors (Lipinski definition) is 1. The first kappa shape index (κ1) is 14.3. The Hall–Kier alpha value is -0.610. The first-order valence-electron chi connectivity index (χ1n) is 8.45. The maximum atomic E-state index is 13.0. The SMILES string of the molecule is CCCC1NC2(CCCC2)C(=O)N1CC1CCCN1C. The van der Waals surface area contributed by atoms with Crippen LogP contribution >= 0.6 is 0 Å². The zero-order chi connectivity index (χ0) is 14.2. The minimum Gasteiger partial charge on any atom is -0.324 e. The zero-order valence-electron chi connectivity index (χ0n) is 13.0. The predicted octanol–water partition coefficient (Wildman–Crippen LogP) is 1.95. The normalized spacial score (nSPS) is 33.7. The van der Waals surface area contributed by atoms with Crippen LogP contribution in [0.5, 0.6) is 0 Å². The molecular formula is C16H29N3O. The number of carbonyl (C=O) groups is 1. The Balaban J connectivity index is 1.73. The second kappa shape index (κ2) is 5.64. The van der Waals surface area contributed by atoms with Crippen molar-refractivity contribution in [2.45, 2.75) is 76.0 Å². The number of nitrogens with zero attached hydrogens (tertiary/aromatic N) is 2. The molecule has 1 N–H and O–H groups in total.